The Bertz CT molecular complexity index is 567. The molecule has 4 nitrogen and oxygen atoms in total. The van der Waals surface area contributed by atoms with E-state index in [-0.39, 0.29) is 13.0 Å². The van der Waals surface area contributed by atoms with E-state index in [4.69, 9.17) is 5.11 Å². The first-order chi connectivity index (χ1) is 9.08. The molecule has 7 heteroatoms. The number of aliphatic hydroxyl groups excluding tert-OH is 1. The Morgan fingerprint density at radius 2 is 1.90 bits per heavy atom. The molecule has 114 valence electrons. The van der Waals surface area contributed by atoms with Gasteiger partial charge >= 0.3 is 0 Å². The monoisotopic (exact) mass is 307 g/mol. The third kappa shape index (κ3) is 4.22. The number of aliphatic hydroxyl groups is 1. The third-order valence-corrected chi connectivity index (χ3v) is 4.43. The van der Waals surface area contributed by atoms with Gasteiger partial charge in [0.1, 0.15) is 16.5 Å². The second kappa shape index (κ2) is 6.15. The Morgan fingerprint density at radius 1 is 1.30 bits per heavy atom. The highest BCUT2D eigenvalue weighted by Gasteiger charge is 2.30. The number of nitrogens with one attached hydrogen (secondary N) is 1. The van der Waals surface area contributed by atoms with Gasteiger partial charge in [0.25, 0.3) is 0 Å². The molecule has 20 heavy (non-hydrogen) atoms. The summed E-state index contributed by atoms with van der Waals surface area (Å²) in [6.07, 6.45) is 0.180. The van der Waals surface area contributed by atoms with E-state index in [0.29, 0.717) is 6.07 Å². The lowest BCUT2D eigenvalue weighted by atomic mass is 9.86. The Labute approximate surface area is 117 Å². The number of halogens is 2. The number of hydrogen-bond acceptors (Lipinski definition) is 3. The standard InChI is InChI=1S/C13H19F2NO3S/c1-13(2,3)12(6-7-17)16-20(18,19)11-8-9(14)4-5-10(11)15/h4-5,8,12,16-17H,6-7H2,1-3H3. The maximum absolute atomic E-state index is 13.6. The van der Waals surface area contributed by atoms with Crippen LogP contribution in [0.4, 0.5) is 8.78 Å². The van der Waals surface area contributed by atoms with Gasteiger partial charge in [-0.05, 0) is 30.0 Å². The van der Waals surface area contributed by atoms with Crippen molar-refractivity contribution >= 4 is 10.0 Å². The fraction of sp³-hybridized carbons (Fsp3) is 0.538. The highest BCUT2D eigenvalue weighted by molar-refractivity contribution is 7.89. The lowest BCUT2D eigenvalue weighted by Gasteiger charge is -2.30. The zero-order valence-corrected chi connectivity index (χ0v) is 12.5. The van der Waals surface area contributed by atoms with E-state index < -0.39 is 38.0 Å². The highest BCUT2D eigenvalue weighted by Crippen LogP contribution is 2.24. The van der Waals surface area contributed by atoms with E-state index >= 15 is 0 Å². The van der Waals surface area contributed by atoms with Gasteiger partial charge in [0, 0.05) is 12.6 Å². The summed E-state index contributed by atoms with van der Waals surface area (Å²) in [5.41, 5.74) is -0.473. The lowest BCUT2D eigenvalue weighted by molar-refractivity contribution is 0.214. The van der Waals surface area contributed by atoms with Crippen molar-refractivity contribution in [2.75, 3.05) is 6.61 Å². The summed E-state index contributed by atoms with van der Waals surface area (Å²) >= 11 is 0. The second-order valence-corrected chi connectivity index (χ2v) is 7.31. The molecule has 0 amide bonds. The van der Waals surface area contributed by atoms with Crippen molar-refractivity contribution in [1.82, 2.24) is 4.72 Å². The number of sulfonamides is 1. The molecule has 0 aliphatic heterocycles. The van der Waals surface area contributed by atoms with E-state index in [1.54, 1.807) is 20.8 Å². The molecule has 0 aliphatic carbocycles. The van der Waals surface area contributed by atoms with Crippen LogP contribution in [0.5, 0.6) is 0 Å². The highest BCUT2D eigenvalue weighted by atomic mass is 32.2. The van der Waals surface area contributed by atoms with Crippen molar-refractivity contribution in [3.05, 3.63) is 29.8 Å². The van der Waals surface area contributed by atoms with Crippen LogP contribution >= 0.6 is 0 Å². The summed E-state index contributed by atoms with van der Waals surface area (Å²) in [5.74, 6) is -1.85. The maximum Gasteiger partial charge on any atom is 0.243 e. The van der Waals surface area contributed by atoms with Crippen molar-refractivity contribution < 1.29 is 22.3 Å². The summed E-state index contributed by atoms with van der Waals surface area (Å²) in [6, 6.07) is 1.65. The first kappa shape index (κ1) is 17.0. The molecule has 0 aromatic heterocycles. The minimum absolute atomic E-state index is 0.180. The lowest BCUT2D eigenvalue weighted by Crippen LogP contribution is -2.44. The minimum Gasteiger partial charge on any atom is -0.396 e. The van der Waals surface area contributed by atoms with Crippen LogP contribution in [0.25, 0.3) is 0 Å². The fourth-order valence-corrected chi connectivity index (χ4v) is 3.30. The molecule has 0 heterocycles. The van der Waals surface area contributed by atoms with E-state index in [0.717, 1.165) is 12.1 Å². The van der Waals surface area contributed by atoms with Crippen LogP contribution in [0, 0.1) is 17.0 Å². The van der Waals surface area contributed by atoms with Crippen LogP contribution in [-0.2, 0) is 10.0 Å². The molecule has 1 rings (SSSR count). The second-order valence-electron chi connectivity index (χ2n) is 5.63. The van der Waals surface area contributed by atoms with Crippen molar-refractivity contribution in [3.63, 3.8) is 0 Å². The minimum atomic E-state index is -4.19. The zero-order chi connectivity index (χ0) is 15.6. The predicted octanol–water partition coefficient (Wildman–Crippen LogP) is 2.04. The van der Waals surface area contributed by atoms with Gasteiger partial charge in [0.15, 0.2) is 0 Å². The Morgan fingerprint density at radius 3 is 2.40 bits per heavy atom. The molecule has 0 radical (unpaired) electrons. The summed E-state index contributed by atoms with van der Waals surface area (Å²) in [5, 5.41) is 9.00. The summed E-state index contributed by atoms with van der Waals surface area (Å²) in [6.45, 7) is 5.16. The Kier molecular flexibility index (Phi) is 5.23. The Hall–Kier alpha value is -1.05. The molecular formula is C13H19F2NO3S. The molecule has 0 fully saturated rings. The van der Waals surface area contributed by atoms with Crippen LogP contribution in [0.2, 0.25) is 0 Å². The van der Waals surface area contributed by atoms with E-state index in [1.165, 1.54) is 0 Å². The van der Waals surface area contributed by atoms with Crippen LogP contribution in [0.15, 0.2) is 23.1 Å². The average molecular weight is 307 g/mol. The summed E-state index contributed by atoms with van der Waals surface area (Å²) < 4.78 is 53.3. The molecule has 0 spiro atoms. The largest absolute Gasteiger partial charge is 0.396 e. The predicted molar refractivity (Wildman–Crippen MR) is 71.6 cm³/mol. The van der Waals surface area contributed by atoms with Crippen LogP contribution in [0.3, 0.4) is 0 Å². The third-order valence-electron chi connectivity index (χ3n) is 2.94. The van der Waals surface area contributed by atoms with Gasteiger partial charge < -0.3 is 5.11 Å². The SMILES string of the molecule is CC(C)(C)C(CCO)NS(=O)(=O)c1cc(F)ccc1F. The van der Waals surface area contributed by atoms with Gasteiger partial charge in [-0.1, -0.05) is 20.8 Å². The molecule has 2 N–H and O–H groups in total. The number of hydrogen-bond donors (Lipinski definition) is 2. The van der Waals surface area contributed by atoms with Crippen molar-refractivity contribution in [2.45, 2.75) is 38.1 Å². The smallest absolute Gasteiger partial charge is 0.243 e. The number of benzene rings is 1. The van der Waals surface area contributed by atoms with Gasteiger partial charge in [-0.3, -0.25) is 0 Å². The molecule has 1 aromatic rings. The van der Waals surface area contributed by atoms with Crippen molar-refractivity contribution in [1.29, 1.82) is 0 Å². The maximum atomic E-state index is 13.6. The molecular weight excluding hydrogens is 288 g/mol. The van der Waals surface area contributed by atoms with Crippen LogP contribution < -0.4 is 4.72 Å². The molecule has 0 saturated carbocycles. The first-order valence-corrected chi connectivity index (χ1v) is 7.64. The fourth-order valence-electron chi connectivity index (χ4n) is 1.73. The number of rotatable bonds is 5. The topological polar surface area (TPSA) is 66.4 Å². The zero-order valence-electron chi connectivity index (χ0n) is 11.7. The van der Waals surface area contributed by atoms with Gasteiger partial charge in [-0.15, -0.1) is 0 Å². The van der Waals surface area contributed by atoms with Crippen molar-refractivity contribution in [2.24, 2.45) is 5.41 Å². The van der Waals surface area contributed by atoms with E-state index in [9.17, 15) is 17.2 Å². The molecule has 1 unspecified atom stereocenters. The normalized spacial score (nSPS) is 14.3. The molecule has 0 aliphatic rings. The molecule has 0 bridgehead atoms. The summed E-state index contributed by atoms with van der Waals surface area (Å²) in [4.78, 5) is -0.732. The Balaban J connectivity index is 3.13. The molecule has 0 saturated heterocycles. The van der Waals surface area contributed by atoms with Crippen LogP contribution in [0.1, 0.15) is 27.2 Å². The van der Waals surface area contributed by atoms with E-state index in [1.807, 2.05) is 0 Å². The van der Waals surface area contributed by atoms with Gasteiger partial charge in [-0.25, -0.2) is 21.9 Å². The molecule has 1 aromatic carbocycles. The summed E-state index contributed by atoms with van der Waals surface area (Å²) in [7, 11) is -4.19. The van der Waals surface area contributed by atoms with Gasteiger partial charge in [-0.2, -0.15) is 0 Å². The van der Waals surface area contributed by atoms with Crippen LogP contribution in [-0.4, -0.2) is 26.2 Å². The first-order valence-electron chi connectivity index (χ1n) is 6.16. The van der Waals surface area contributed by atoms with E-state index in [2.05, 4.69) is 4.72 Å². The molecule has 1 atom stereocenters. The van der Waals surface area contributed by atoms with Gasteiger partial charge in [0.05, 0.1) is 0 Å². The van der Waals surface area contributed by atoms with Crippen molar-refractivity contribution in [3.8, 4) is 0 Å². The average Bonchev–Trinajstić information content (AvgIpc) is 2.30. The van der Waals surface area contributed by atoms with Gasteiger partial charge in [0.2, 0.25) is 10.0 Å². The quantitative estimate of drug-likeness (QED) is 0.875.